The molecule has 1 aromatic rings. The van der Waals surface area contributed by atoms with Crippen molar-refractivity contribution in [2.24, 2.45) is 17.3 Å². The van der Waals surface area contributed by atoms with Gasteiger partial charge in [-0.15, -0.1) is 11.3 Å². The number of hydrogen-bond donors (Lipinski definition) is 0. The molecule has 2 unspecified atom stereocenters. The monoisotopic (exact) mass is 623 g/mol. The van der Waals surface area contributed by atoms with E-state index in [0.29, 0.717) is 36.3 Å². The Morgan fingerprint density at radius 3 is 2.23 bits per heavy atom. The number of nitrogens with zero attached hydrogens (tertiary/aromatic N) is 1. The van der Waals surface area contributed by atoms with E-state index in [9.17, 15) is 14.7 Å². The van der Waals surface area contributed by atoms with Crippen LogP contribution in [0.5, 0.6) is 0 Å². The maximum Gasteiger partial charge on any atom is 1.00 e. The smallest absolute Gasteiger partial charge is 0.544 e. The molecule has 2 aliphatic carbocycles. The van der Waals surface area contributed by atoms with Crippen LogP contribution in [0.1, 0.15) is 99.5 Å². The predicted molar refractivity (Wildman–Crippen MR) is 159 cm³/mol. The second kappa shape index (κ2) is 16.0. The van der Waals surface area contributed by atoms with Crippen molar-refractivity contribution in [3.05, 3.63) is 15.8 Å². The van der Waals surface area contributed by atoms with E-state index in [-0.39, 0.29) is 70.6 Å². The van der Waals surface area contributed by atoms with Gasteiger partial charge in [-0.25, -0.2) is 0 Å². The van der Waals surface area contributed by atoms with E-state index in [0.717, 1.165) is 88.8 Å². The van der Waals surface area contributed by atoms with E-state index in [2.05, 4.69) is 18.8 Å². The molecule has 4 aliphatic rings. The number of carboxylic acid groups (broad SMARTS) is 1. The summed E-state index contributed by atoms with van der Waals surface area (Å²) in [4.78, 5) is 29.1. The largest absolute Gasteiger partial charge is 1.00 e. The minimum absolute atomic E-state index is 0. The summed E-state index contributed by atoms with van der Waals surface area (Å²) in [5.41, 5.74) is 0.0180. The van der Waals surface area contributed by atoms with Gasteiger partial charge in [0.1, 0.15) is 0 Å². The van der Waals surface area contributed by atoms with Gasteiger partial charge < -0.3 is 33.7 Å². The number of hydrogen-bond acceptors (Lipinski definition) is 8. The molecule has 2 saturated heterocycles. The summed E-state index contributed by atoms with van der Waals surface area (Å²) in [7, 11) is 0. The van der Waals surface area contributed by atoms with Gasteiger partial charge in [-0.1, -0.05) is 18.8 Å². The number of carbonyl (C=O) groups excluding carboxylic acids is 2. The number of ether oxygens (including phenoxy) is 4. The first-order valence-electron chi connectivity index (χ1n) is 15.8. The number of rotatable bonds is 9. The van der Waals surface area contributed by atoms with Crippen LogP contribution in [0.15, 0.2) is 6.07 Å². The molecular weight excluding hydrogens is 577 g/mol. The average molecular weight is 624 g/mol. The Bertz CT molecular complexity index is 1130. The number of amides is 1. The van der Waals surface area contributed by atoms with Crippen LogP contribution in [-0.2, 0) is 23.7 Å². The van der Waals surface area contributed by atoms with E-state index < -0.39 is 11.4 Å². The van der Waals surface area contributed by atoms with Gasteiger partial charge >= 0.3 is 29.6 Å². The quantitative estimate of drug-likeness (QED) is 0.305. The van der Waals surface area contributed by atoms with E-state index in [1.165, 1.54) is 0 Å². The summed E-state index contributed by atoms with van der Waals surface area (Å²) in [6.45, 7) is 9.46. The van der Waals surface area contributed by atoms with Gasteiger partial charge in [-0.05, 0) is 90.0 Å². The number of carbonyl (C=O) groups is 2. The summed E-state index contributed by atoms with van der Waals surface area (Å²) in [6.07, 6.45) is 9.14. The Balaban J connectivity index is 0.00000423. The minimum atomic E-state index is -1.26. The van der Waals surface area contributed by atoms with Crippen LogP contribution in [0.2, 0.25) is 0 Å². The number of thiophene rings is 1. The molecule has 10 heteroatoms. The maximum atomic E-state index is 14.2. The molecule has 0 aromatic carbocycles. The molecule has 2 atom stereocenters. The number of carboxylic acids is 1. The Labute approximate surface area is 282 Å². The summed E-state index contributed by atoms with van der Waals surface area (Å²) < 4.78 is 23.2. The molecule has 2 aliphatic heterocycles. The molecule has 232 valence electrons. The van der Waals surface area contributed by atoms with E-state index >= 15 is 0 Å². The van der Waals surface area contributed by atoms with Gasteiger partial charge in [0.25, 0.3) is 0 Å². The van der Waals surface area contributed by atoms with Gasteiger partial charge in [-0.3, -0.25) is 4.79 Å². The molecule has 0 spiro atoms. The first-order valence-corrected chi connectivity index (χ1v) is 16.6. The van der Waals surface area contributed by atoms with Crippen LogP contribution in [-0.4, -0.2) is 69.3 Å². The standard InChI is InChI=1S/C33H47NO7S.Na/c1-22-4-6-23(7-5-22)31(35)34(24-8-10-25(11-9-24)41-27-14-17-39-20-27)29-18-28(42-30(29)32(36)37)12-15-33(2,3)21-40-26-13-16-38-19-26;/h18,22-27H,4-11,13-14,16-17,19-21H2,1-3H3,(H,36,37);/q;+1/p-1. The second-order valence-electron chi connectivity index (χ2n) is 13.3. The van der Waals surface area contributed by atoms with Crippen molar-refractivity contribution < 1.29 is 63.2 Å². The van der Waals surface area contributed by atoms with Gasteiger partial charge in [0.05, 0.1) is 59.5 Å². The Morgan fingerprint density at radius 1 is 0.977 bits per heavy atom. The zero-order chi connectivity index (χ0) is 29.7. The molecule has 3 heterocycles. The molecule has 2 saturated carbocycles. The molecule has 0 radical (unpaired) electrons. The minimum Gasteiger partial charge on any atom is -0.544 e. The first-order chi connectivity index (χ1) is 20.2. The van der Waals surface area contributed by atoms with Gasteiger partial charge in [0.2, 0.25) is 5.91 Å². The van der Waals surface area contributed by atoms with Crippen LogP contribution in [0.3, 0.4) is 0 Å². The summed E-state index contributed by atoms with van der Waals surface area (Å²) in [5.74, 6) is 5.79. The van der Waals surface area contributed by atoms with Gasteiger partial charge in [0, 0.05) is 30.6 Å². The fraction of sp³-hybridized carbons (Fsp3) is 0.758. The topological polar surface area (TPSA) is 97.4 Å². The van der Waals surface area contributed by atoms with Crippen LogP contribution >= 0.6 is 11.3 Å². The fourth-order valence-electron chi connectivity index (χ4n) is 6.54. The Hall–Kier alpha value is -0.960. The van der Waals surface area contributed by atoms with Crippen LogP contribution < -0.4 is 39.6 Å². The van der Waals surface area contributed by atoms with Crippen molar-refractivity contribution in [2.75, 3.05) is 37.9 Å². The van der Waals surface area contributed by atoms with E-state index in [1.807, 2.05) is 18.7 Å². The van der Waals surface area contributed by atoms with Crippen molar-refractivity contribution in [1.82, 2.24) is 0 Å². The van der Waals surface area contributed by atoms with E-state index in [1.54, 1.807) is 6.07 Å². The van der Waals surface area contributed by atoms with Crippen molar-refractivity contribution in [1.29, 1.82) is 0 Å². The third kappa shape index (κ3) is 9.52. The van der Waals surface area contributed by atoms with Crippen molar-refractivity contribution in [3.63, 3.8) is 0 Å². The van der Waals surface area contributed by atoms with Crippen molar-refractivity contribution >= 4 is 28.9 Å². The molecule has 4 fully saturated rings. The van der Waals surface area contributed by atoms with Crippen LogP contribution in [0.25, 0.3) is 0 Å². The third-order valence-corrected chi connectivity index (χ3v) is 10.2. The molecule has 0 N–H and O–H groups in total. The van der Waals surface area contributed by atoms with Crippen molar-refractivity contribution in [3.8, 4) is 11.8 Å². The molecule has 1 amide bonds. The van der Waals surface area contributed by atoms with Gasteiger partial charge in [0.15, 0.2) is 0 Å². The Morgan fingerprint density at radius 2 is 1.63 bits per heavy atom. The van der Waals surface area contributed by atoms with E-state index in [4.69, 9.17) is 18.9 Å². The number of anilines is 1. The van der Waals surface area contributed by atoms with Gasteiger partial charge in [-0.2, -0.15) is 0 Å². The number of aromatic carboxylic acids is 1. The maximum absolute atomic E-state index is 14.2. The average Bonchev–Trinajstić information content (AvgIpc) is 3.75. The second-order valence-corrected chi connectivity index (χ2v) is 14.3. The third-order valence-electron chi connectivity index (χ3n) is 9.13. The molecule has 8 nitrogen and oxygen atoms in total. The Kier molecular flexibility index (Phi) is 13.0. The molecule has 5 rings (SSSR count). The summed E-state index contributed by atoms with van der Waals surface area (Å²) in [6, 6.07) is 1.72. The summed E-state index contributed by atoms with van der Waals surface area (Å²) >= 11 is 1.10. The molecule has 0 bridgehead atoms. The molecular formula is C33H46NNaO7S. The van der Waals surface area contributed by atoms with Crippen LogP contribution in [0, 0.1) is 29.1 Å². The predicted octanol–water partition coefficient (Wildman–Crippen LogP) is 1.57. The fourth-order valence-corrected chi connectivity index (χ4v) is 7.37. The summed E-state index contributed by atoms with van der Waals surface area (Å²) in [5, 5.41) is 12.4. The zero-order valence-corrected chi connectivity index (χ0v) is 29.2. The normalized spacial score (nSPS) is 29.4. The molecule has 43 heavy (non-hydrogen) atoms. The van der Waals surface area contributed by atoms with Crippen LogP contribution in [0.4, 0.5) is 5.69 Å². The SMILES string of the molecule is CC1CCC(C(=O)N(c2cc(C#CC(C)(C)COC3CCOC3)sc2C(=O)[O-])C2CCC(OC3CCOC3)CC2)CC1.[Na+]. The zero-order valence-electron chi connectivity index (χ0n) is 26.4. The first kappa shape index (κ1) is 34.9. The molecule has 1 aromatic heterocycles. The van der Waals surface area contributed by atoms with Crippen molar-refractivity contribution in [2.45, 2.75) is 109 Å².